The van der Waals surface area contributed by atoms with Crippen LogP contribution in [-0.2, 0) is 0 Å². The summed E-state index contributed by atoms with van der Waals surface area (Å²) < 4.78 is 0. The molecule has 1 aromatic rings. The summed E-state index contributed by atoms with van der Waals surface area (Å²) in [6, 6.07) is 1.77. The van der Waals surface area contributed by atoms with Crippen molar-refractivity contribution in [2.45, 2.75) is 25.0 Å². The molecule has 4 N–H and O–H groups in total. The van der Waals surface area contributed by atoms with Gasteiger partial charge in [0.25, 0.3) is 0 Å². The largest absolute Gasteiger partial charge is 0.393 e. The van der Waals surface area contributed by atoms with Crippen LogP contribution in [0.4, 0.5) is 11.6 Å². The van der Waals surface area contributed by atoms with E-state index in [1.165, 1.54) is 0 Å². The zero-order valence-electron chi connectivity index (χ0n) is 7.87. The molecule has 1 aliphatic carbocycles. The molecule has 0 unspecified atom stereocenters. The fraction of sp³-hybridized carbons (Fsp3) is 0.444. The average Bonchev–Trinajstić information content (AvgIpc) is 2.11. The van der Waals surface area contributed by atoms with E-state index in [4.69, 9.17) is 34.0 Å². The highest BCUT2D eigenvalue weighted by atomic mass is 35.5. The Bertz CT molecular complexity index is 380. The monoisotopic (exact) mass is 247 g/mol. The number of aliphatic hydroxyl groups is 1. The van der Waals surface area contributed by atoms with Crippen LogP contribution in [0, 0.1) is 0 Å². The minimum atomic E-state index is -0.217. The maximum Gasteiger partial charge on any atom is 0.147 e. The highest BCUT2D eigenvalue weighted by molar-refractivity contribution is 6.37. The summed E-state index contributed by atoms with van der Waals surface area (Å²) in [5.74, 6) is 0.777. The Kier molecular flexibility index (Phi) is 2.91. The van der Waals surface area contributed by atoms with Crippen LogP contribution < -0.4 is 11.1 Å². The van der Waals surface area contributed by atoms with Crippen molar-refractivity contribution < 1.29 is 5.11 Å². The molecule has 0 saturated heterocycles. The van der Waals surface area contributed by atoms with Gasteiger partial charge in [0.05, 0.1) is 16.1 Å². The lowest BCUT2D eigenvalue weighted by Crippen LogP contribution is -2.39. The zero-order valence-corrected chi connectivity index (χ0v) is 9.39. The first-order valence-electron chi connectivity index (χ1n) is 4.62. The van der Waals surface area contributed by atoms with Crippen LogP contribution in [0.15, 0.2) is 6.07 Å². The van der Waals surface area contributed by atoms with E-state index < -0.39 is 0 Å². The number of aliphatic hydroxyl groups excluding tert-OH is 1. The second-order valence-corrected chi connectivity index (χ2v) is 4.47. The number of pyridine rings is 1. The minimum Gasteiger partial charge on any atom is -0.393 e. The molecule has 1 aliphatic rings. The summed E-state index contributed by atoms with van der Waals surface area (Å²) in [4.78, 5) is 4.04. The molecule has 0 bridgehead atoms. The van der Waals surface area contributed by atoms with Crippen LogP contribution in [-0.4, -0.2) is 22.2 Å². The van der Waals surface area contributed by atoms with Crippen molar-refractivity contribution in [3.63, 3.8) is 0 Å². The van der Waals surface area contributed by atoms with Gasteiger partial charge in [-0.3, -0.25) is 0 Å². The number of halogens is 2. The Morgan fingerprint density at radius 2 is 2.07 bits per heavy atom. The molecule has 6 heteroatoms. The molecule has 15 heavy (non-hydrogen) atoms. The maximum atomic E-state index is 9.13. The van der Waals surface area contributed by atoms with E-state index in [1.54, 1.807) is 6.07 Å². The van der Waals surface area contributed by atoms with Gasteiger partial charge in [-0.2, -0.15) is 0 Å². The molecule has 1 aromatic heterocycles. The third-order valence-corrected chi connectivity index (χ3v) is 3.00. The number of hydrogen-bond donors (Lipinski definition) is 3. The number of anilines is 2. The van der Waals surface area contributed by atoms with Gasteiger partial charge in [0.2, 0.25) is 0 Å². The number of nitrogens with zero attached hydrogens (tertiary/aromatic N) is 1. The van der Waals surface area contributed by atoms with Crippen LogP contribution >= 0.6 is 23.2 Å². The molecule has 4 nitrogen and oxygen atoms in total. The van der Waals surface area contributed by atoms with Gasteiger partial charge in [-0.05, 0) is 18.9 Å². The van der Waals surface area contributed by atoms with E-state index in [0.29, 0.717) is 28.7 Å². The molecule has 0 atom stereocenters. The van der Waals surface area contributed by atoms with Crippen LogP contribution in [0.2, 0.25) is 10.0 Å². The number of nitrogen functional groups attached to an aromatic ring is 1. The molecule has 0 spiro atoms. The fourth-order valence-corrected chi connectivity index (χ4v) is 1.89. The topological polar surface area (TPSA) is 71.2 Å². The number of aromatic nitrogens is 1. The number of nitrogens with two attached hydrogens (primary N) is 1. The van der Waals surface area contributed by atoms with Crippen molar-refractivity contribution in [3.8, 4) is 0 Å². The molecule has 0 amide bonds. The summed E-state index contributed by atoms with van der Waals surface area (Å²) >= 11 is 11.7. The second-order valence-electron chi connectivity index (χ2n) is 3.65. The molecule has 2 rings (SSSR count). The number of rotatable bonds is 2. The van der Waals surface area contributed by atoms with Gasteiger partial charge < -0.3 is 16.2 Å². The van der Waals surface area contributed by atoms with Crippen molar-refractivity contribution >= 4 is 34.8 Å². The predicted molar refractivity (Wildman–Crippen MR) is 61.3 cm³/mol. The van der Waals surface area contributed by atoms with Gasteiger partial charge in [0, 0.05) is 6.04 Å². The lowest BCUT2D eigenvalue weighted by atomic mass is 9.89. The van der Waals surface area contributed by atoms with Crippen LogP contribution in [0.3, 0.4) is 0 Å². The Morgan fingerprint density at radius 3 is 2.67 bits per heavy atom. The molecule has 0 radical (unpaired) electrons. The lowest BCUT2D eigenvalue weighted by Gasteiger charge is -2.32. The van der Waals surface area contributed by atoms with Crippen molar-refractivity contribution in [1.29, 1.82) is 0 Å². The third kappa shape index (κ3) is 2.27. The Hall–Kier alpha value is -0.710. The van der Waals surface area contributed by atoms with Gasteiger partial charge >= 0.3 is 0 Å². The normalized spacial score (nSPS) is 24.7. The molecule has 1 fully saturated rings. The number of nitrogens with one attached hydrogen (secondary N) is 1. The van der Waals surface area contributed by atoms with Crippen LogP contribution in [0.25, 0.3) is 0 Å². The smallest absolute Gasteiger partial charge is 0.147 e. The van der Waals surface area contributed by atoms with Gasteiger partial charge in [-0.1, -0.05) is 23.2 Å². The van der Waals surface area contributed by atoms with E-state index in [0.717, 1.165) is 0 Å². The van der Waals surface area contributed by atoms with E-state index >= 15 is 0 Å². The predicted octanol–water partition coefficient (Wildman–Crippen LogP) is 1.91. The SMILES string of the molecule is Nc1nc(NC2CC(O)C2)c(Cl)cc1Cl. The maximum absolute atomic E-state index is 9.13. The first-order chi connectivity index (χ1) is 7.06. The van der Waals surface area contributed by atoms with E-state index in [9.17, 15) is 0 Å². The zero-order chi connectivity index (χ0) is 11.0. The van der Waals surface area contributed by atoms with Crippen LogP contribution in [0.5, 0.6) is 0 Å². The van der Waals surface area contributed by atoms with E-state index in [2.05, 4.69) is 10.3 Å². The first-order valence-corrected chi connectivity index (χ1v) is 5.38. The fourth-order valence-electron chi connectivity index (χ4n) is 1.48. The summed E-state index contributed by atoms with van der Waals surface area (Å²) in [5, 5.41) is 13.0. The molecule has 1 saturated carbocycles. The average molecular weight is 248 g/mol. The van der Waals surface area contributed by atoms with E-state index in [1.807, 2.05) is 0 Å². The molecule has 1 heterocycles. The summed E-state index contributed by atoms with van der Waals surface area (Å²) in [6.45, 7) is 0. The highest BCUT2D eigenvalue weighted by Crippen LogP contribution is 2.30. The molecule has 0 aromatic carbocycles. The molecular weight excluding hydrogens is 237 g/mol. The first kappa shape index (κ1) is 10.8. The molecular formula is C9H11Cl2N3O. The van der Waals surface area contributed by atoms with Crippen molar-refractivity contribution in [3.05, 3.63) is 16.1 Å². The van der Waals surface area contributed by atoms with Gasteiger partial charge in [-0.15, -0.1) is 0 Å². The lowest BCUT2D eigenvalue weighted by molar-refractivity contribution is 0.0835. The quantitative estimate of drug-likeness (QED) is 0.747. The Balaban J connectivity index is 2.11. The second kappa shape index (κ2) is 4.04. The van der Waals surface area contributed by atoms with Gasteiger partial charge in [-0.25, -0.2) is 4.98 Å². The van der Waals surface area contributed by atoms with Crippen molar-refractivity contribution in [2.75, 3.05) is 11.1 Å². The van der Waals surface area contributed by atoms with Crippen LogP contribution in [0.1, 0.15) is 12.8 Å². The summed E-state index contributed by atoms with van der Waals surface area (Å²) in [6.07, 6.45) is 1.20. The highest BCUT2D eigenvalue weighted by Gasteiger charge is 2.27. The van der Waals surface area contributed by atoms with E-state index in [-0.39, 0.29) is 18.0 Å². The third-order valence-electron chi connectivity index (χ3n) is 2.41. The summed E-state index contributed by atoms with van der Waals surface area (Å²) in [5.41, 5.74) is 5.56. The molecule has 82 valence electrons. The summed E-state index contributed by atoms with van der Waals surface area (Å²) in [7, 11) is 0. The Labute approximate surface area is 97.4 Å². The number of hydrogen-bond acceptors (Lipinski definition) is 4. The Morgan fingerprint density at radius 1 is 1.40 bits per heavy atom. The van der Waals surface area contributed by atoms with Gasteiger partial charge in [0.1, 0.15) is 11.6 Å². The molecule has 0 aliphatic heterocycles. The minimum absolute atomic E-state index is 0.213. The van der Waals surface area contributed by atoms with Gasteiger partial charge in [0.15, 0.2) is 0 Å². The standard InChI is InChI=1S/C9H11Cl2N3O/c10-6-3-7(11)9(14-8(6)12)13-4-1-5(15)2-4/h3-5,15H,1-2H2,(H3,12,13,14). The van der Waals surface area contributed by atoms with Crippen molar-refractivity contribution in [2.24, 2.45) is 0 Å². The van der Waals surface area contributed by atoms with Crippen molar-refractivity contribution in [1.82, 2.24) is 4.98 Å².